The van der Waals surface area contributed by atoms with Crippen LogP contribution in [0.5, 0.6) is 0 Å². The van der Waals surface area contributed by atoms with Crippen molar-refractivity contribution in [2.24, 2.45) is 0 Å². The molecule has 1 aromatic heterocycles. The highest BCUT2D eigenvalue weighted by molar-refractivity contribution is 7.90. The van der Waals surface area contributed by atoms with Crippen LogP contribution in [0.2, 0.25) is 5.15 Å². The first-order chi connectivity index (χ1) is 9.36. The van der Waals surface area contributed by atoms with Crippen LogP contribution in [-0.2, 0) is 9.84 Å². The summed E-state index contributed by atoms with van der Waals surface area (Å²) in [6.45, 7) is 0. The van der Waals surface area contributed by atoms with Gasteiger partial charge >= 0.3 is 0 Å². The summed E-state index contributed by atoms with van der Waals surface area (Å²) in [7, 11) is -3.36. The zero-order valence-electron chi connectivity index (χ0n) is 10.5. The third-order valence-corrected chi connectivity index (χ3v) is 3.80. The molecule has 0 unspecified atom stereocenters. The maximum Gasteiger partial charge on any atom is 0.256 e. The van der Waals surface area contributed by atoms with Crippen molar-refractivity contribution in [3.8, 4) is 0 Å². The zero-order chi connectivity index (χ0) is 14.8. The van der Waals surface area contributed by atoms with Gasteiger partial charge in [0.25, 0.3) is 5.91 Å². The molecule has 104 valence electrons. The Morgan fingerprint density at radius 1 is 1.20 bits per heavy atom. The van der Waals surface area contributed by atoms with E-state index in [1.807, 2.05) is 0 Å². The summed E-state index contributed by atoms with van der Waals surface area (Å²) >= 11 is 5.72. The average molecular weight is 311 g/mol. The number of nitrogens with zero attached hydrogens (tertiary/aromatic N) is 1. The number of carbonyl (C=O) groups excluding carboxylic acids is 1. The molecule has 2 aromatic rings. The van der Waals surface area contributed by atoms with Gasteiger partial charge in [-0.2, -0.15) is 0 Å². The molecule has 7 heteroatoms. The lowest BCUT2D eigenvalue weighted by Gasteiger charge is -2.06. The van der Waals surface area contributed by atoms with Crippen molar-refractivity contribution < 1.29 is 13.2 Å². The first-order valence-electron chi connectivity index (χ1n) is 5.60. The second-order valence-electron chi connectivity index (χ2n) is 4.10. The molecule has 1 N–H and O–H groups in total. The quantitative estimate of drug-likeness (QED) is 0.883. The fraction of sp³-hybridized carbons (Fsp3) is 0.0769. The molecular weight excluding hydrogens is 300 g/mol. The van der Waals surface area contributed by atoms with Crippen molar-refractivity contribution in [2.45, 2.75) is 4.90 Å². The van der Waals surface area contributed by atoms with Crippen molar-refractivity contribution in [1.82, 2.24) is 4.98 Å². The van der Waals surface area contributed by atoms with E-state index in [4.69, 9.17) is 11.6 Å². The third-order valence-electron chi connectivity index (χ3n) is 2.48. The van der Waals surface area contributed by atoms with Gasteiger partial charge < -0.3 is 5.32 Å². The first kappa shape index (κ1) is 14.5. The maximum atomic E-state index is 12.0. The molecule has 0 radical (unpaired) electrons. The Hall–Kier alpha value is -1.92. The van der Waals surface area contributed by atoms with Crippen LogP contribution >= 0.6 is 11.6 Å². The Balaban J connectivity index is 2.26. The summed E-state index contributed by atoms with van der Waals surface area (Å²) in [6.07, 6.45) is 1.09. The minimum atomic E-state index is -3.36. The van der Waals surface area contributed by atoms with E-state index >= 15 is 0 Å². The third kappa shape index (κ3) is 3.55. The fourth-order valence-corrected chi connectivity index (χ4v) is 2.36. The molecule has 0 saturated carbocycles. The highest BCUT2D eigenvalue weighted by Crippen LogP contribution is 2.14. The Morgan fingerprint density at radius 3 is 2.55 bits per heavy atom. The molecule has 1 aromatic carbocycles. The number of sulfone groups is 1. The predicted molar refractivity (Wildman–Crippen MR) is 76.8 cm³/mol. The Kier molecular flexibility index (Phi) is 4.06. The number of carbonyl (C=O) groups is 1. The van der Waals surface area contributed by atoms with Gasteiger partial charge in [0.1, 0.15) is 11.0 Å². The number of anilines is 1. The van der Waals surface area contributed by atoms with Gasteiger partial charge in [-0.3, -0.25) is 4.79 Å². The van der Waals surface area contributed by atoms with Gasteiger partial charge in [0.05, 0.1) is 4.90 Å². The van der Waals surface area contributed by atoms with Crippen LogP contribution in [-0.4, -0.2) is 25.6 Å². The standard InChI is InChI=1S/C13H11ClN2O3S/c1-20(18,19)10-5-2-4-9(8-10)13(17)16-12-7-3-6-11(14)15-12/h2-8H,1H3,(H,15,16,17). The zero-order valence-corrected chi connectivity index (χ0v) is 12.1. The van der Waals surface area contributed by atoms with E-state index in [1.54, 1.807) is 18.2 Å². The molecule has 0 fully saturated rings. The summed E-state index contributed by atoms with van der Waals surface area (Å²) in [5, 5.41) is 2.81. The van der Waals surface area contributed by atoms with Gasteiger partial charge in [0.2, 0.25) is 0 Å². The van der Waals surface area contributed by atoms with Gasteiger partial charge in [-0.1, -0.05) is 23.7 Å². The van der Waals surface area contributed by atoms with E-state index in [1.165, 1.54) is 24.3 Å². The highest BCUT2D eigenvalue weighted by Gasteiger charge is 2.12. The molecule has 0 atom stereocenters. The van der Waals surface area contributed by atoms with Crippen LogP contribution < -0.4 is 5.32 Å². The maximum absolute atomic E-state index is 12.0. The number of aromatic nitrogens is 1. The summed E-state index contributed by atoms with van der Waals surface area (Å²) in [4.78, 5) is 16.0. The number of nitrogens with one attached hydrogen (secondary N) is 1. The van der Waals surface area contributed by atoms with Crippen LogP contribution in [0.4, 0.5) is 5.82 Å². The second kappa shape index (κ2) is 5.60. The number of hydrogen-bond donors (Lipinski definition) is 1. The van der Waals surface area contributed by atoms with Crippen LogP contribution in [0.15, 0.2) is 47.4 Å². The second-order valence-corrected chi connectivity index (χ2v) is 6.50. The van der Waals surface area contributed by atoms with E-state index in [2.05, 4.69) is 10.3 Å². The number of rotatable bonds is 3. The van der Waals surface area contributed by atoms with E-state index in [-0.39, 0.29) is 15.6 Å². The number of amides is 1. The molecular formula is C13H11ClN2O3S. The molecule has 0 aliphatic heterocycles. The largest absolute Gasteiger partial charge is 0.307 e. The van der Waals surface area contributed by atoms with E-state index in [0.29, 0.717) is 5.82 Å². The van der Waals surface area contributed by atoms with E-state index in [0.717, 1.165) is 6.26 Å². The van der Waals surface area contributed by atoms with Crippen LogP contribution in [0.3, 0.4) is 0 Å². The van der Waals surface area contributed by atoms with Crippen molar-refractivity contribution in [3.63, 3.8) is 0 Å². The molecule has 0 bridgehead atoms. The Bertz CT molecular complexity index is 760. The van der Waals surface area contributed by atoms with Crippen molar-refractivity contribution in [3.05, 3.63) is 53.2 Å². The van der Waals surface area contributed by atoms with Crippen LogP contribution in [0, 0.1) is 0 Å². The summed E-state index contributed by atoms with van der Waals surface area (Å²) in [6, 6.07) is 10.6. The smallest absolute Gasteiger partial charge is 0.256 e. The molecule has 0 aliphatic rings. The first-order valence-corrected chi connectivity index (χ1v) is 7.87. The van der Waals surface area contributed by atoms with E-state index < -0.39 is 15.7 Å². The normalized spacial score (nSPS) is 11.1. The Labute approximate surface area is 121 Å². The lowest BCUT2D eigenvalue weighted by Crippen LogP contribution is -2.13. The average Bonchev–Trinajstić information content (AvgIpc) is 2.38. The number of halogens is 1. The predicted octanol–water partition coefficient (Wildman–Crippen LogP) is 2.39. The Morgan fingerprint density at radius 2 is 1.90 bits per heavy atom. The van der Waals surface area contributed by atoms with E-state index in [9.17, 15) is 13.2 Å². The minimum Gasteiger partial charge on any atom is -0.307 e. The molecule has 0 aliphatic carbocycles. The molecule has 0 spiro atoms. The van der Waals surface area contributed by atoms with Gasteiger partial charge in [0.15, 0.2) is 9.84 Å². The van der Waals surface area contributed by atoms with Crippen molar-refractivity contribution in [2.75, 3.05) is 11.6 Å². The van der Waals surface area contributed by atoms with Crippen LogP contribution in [0.1, 0.15) is 10.4 Å². The summed E-state index contributed by atoms with van der Waals surface area (Å²) in [5.41, 5.74) is 0.231. The van der Waals surface area contributed by atoms with Gasteiger partial charge in [-0.05, 0) is 30.3 Å². The molecule has 1 heterocycles. The lowest BCUT2D eigenvalue weighted by molar-refractivity contribution is 0.102. The summed E-state index contributed by atoms with van der Waals surface area (Å²) < 4.78 is 22.9. The molecule has 5 nitrogen and oxygen atoms in total. The van der Waals surface area contributed by atoms with Crippen LogP contribution in [0.25, 0.3) is 0 Å². The van der Waals surface area contributed by atoms with Gasteiger partial charge in [-0.15, -0.1) is 0 Å². The van der Waals surface area contributed by atoms with Crippen molar-refractivity contribution >= 4 is 33.2 Å². The summed E-state index contributed by atoms with van der Waals surface area (Å²) in [5.74, 6) is -0.155. The van der Waals surface area contributed by atoms with Crippen molar-refractivity contribution in [1.29, 1.82) is 0 Å². The number of hydrogen-bond acceptors (Lipinski definition) is 4. The topological polar surface area (TPSA) is 76.1 Å². The molecule has 20 heavy (non-hydrogen) atoms. The molecule has 1 amide bonds. The SMILES string of the molecule is CS(=O)(=O)c1cccc(C(=O)Nc2cccc(Cl)n2)c1. The van der Waals surface area contributed by atoms with Gasteiger partial charge in [-0.25, -0.2) is 13.4 Å². The highest BCUT2D eigenvalue weighted by atomic mass is 35.5. The number of benzene rings is 1. The lowest BCUT2D eigenvalue weighted by atomic mass is 10.2. The monoisotopic (exact) mass is 310 g/mol. The van der Waals surface area contributed by atoms with Gasteiger partial charge in [0, 0.05) is 11.8 Å². The minimum absolute atomic E-state index is 0.0872. The molecule has 0 saturated heterocycles. The fourth-order valence-electron chi connectivity index (χ4n) is 1.53. The molecule has 2 rings (SSSR count). The number of pyridine rings is 1.